The third kappa shape index (κ3) is 3.01. The first-order chi connectivity index (χ1) is 14.9. The lowest BCUT2D eigenvalue weighted by Crippen LogP contribution is -2.52. The van der Waals surface area contributed by atoms with E-state index in [9.17, 15) is 9.90 Å². The predicted molar refractivity (Wildman–Crippen MR) is 120 cm³/mol. The number of esters is 1. The van der Waals surface area contributed by atoms with Crippen molar-refractivity contribution in [1.82, 2.24) is 4.90 Å². The van der Waals surface area contributed by atoms with Crippen LogP contribution in [0, 0.1) is 29.6 Å². The summed E-state index contributed by atoms with van der Waals surface area (Å²) in [6.45, 7) is 2.27. The van der Waals surface area contributed by atoms with Crippen LogP contribution in [0.25, 0.3) is 0 Å². The Bertz CT molecular complexity index is 1020. The van der Waals surface area contributed by atoms with Gasteiger partial charge in [-0.2, -0.15) is 0 Å². The average Bonchev–Trinajstić information content (AvgIpc) is 3.06. The van der Waals surface area contributed by atoms with E-state index in [0.29, 0.717) is 35.5 Å². The summed E-state index contributed by atoms with van der Waals surface area (Å²) in [5, 5.41) is 9.90. The van der Waals surface area contributed by atoms with Gasteiger partial charge in [-0.3, -0.25) is 0 Å². The van der Waals surface area contributed by atoms with Crippen LogP contribution in [0.2, 0.25) is 0 Å². The molecule has 1 aliphatic heterocycles. The summed E-state index contributed by atoms with van der Waals surface area (Å²) in [5.41, 5.74) is 2.30. The molecule has 4 heteroatoms. The number of carbonyl (C=O) groups excluding carboxylic acids is 1. The molecule has 5 rings (SSSR count). The second-order valence-electron chi connectivity index (χ2n) is 10.1. The summed E-state index contributed by atoms with van der Waals surface area (Å²) in [5.74, 6) is 4.57. The van der Waals surface area contributed by atoms with Crippen molar-refractivity contribution in [3.63, 3.8) is 0 Å². The van der Waals surface area contributed by atoms with Crippen LogP contribution in [-0.4, -0.2) is 28.6 Å². The molecular weight excluding hydrogens is 386 g/mol. The quantitative estimate of drug-likeness (QED) is 0.549. The monoisotopic (exact) mass is 417 g/mol. The van der Waals surface area contributed by atoms with Crippen LogP contribution in [0.5, 0.6) is 5.75 Å². The number of aromatic hydroxyl groups is 1. The molecule has 1 N–H and O–H groups in total. The summed E-state index contributed by atoms with van der Waals surface area (Å²) in [6, 6.07) is 5.87. The number of aryl methyl sites for hydroxylation is 1. The molecular formula is C27H31NO3. The summed E-state index contributed by atoms with van der Waals surface area (Å²) >= 11 is 0. The van der Waals surface area contributed by atoms with Gasteiger partial charge in [0.1, 0.15) is 5.75 Å². The lowest BCUT2D eigenvalue weighted by Gasteiger charge is -2.52. The molecule has 0 bridgehead atoms. The number of rotatable bonds is 2. The van der Waals surface area contributed by atoms with Crippen LogP contribution in [-0.2, 0) is 16.0 Å². The van der Waals surface area contributed by atoms with Crippen molar-refractivity contribution in [3.05, 3.63) is 53.4 Å². The van der Waals surface area contributed by atoms with Gasteiger partial charge in [0.25, 0.3) is 0 Å². The standard InChI is InChI=1S/C27H31NO3/c1-4-27(31-25(30)19-6-5-15-28(3)17-19)14-12-24-23-9-7-18-16-20(29)8-10-21(18)22(23)11-13-26(24,27)2/h1,5,8,10,15-17,22-24,29H,6-7,9,11-14H2,2-3H3/t22-,23-,24+,26+,27-/m1/s1. The van der Waals surface area contributed by atoms with Crippen molar-refractivity contribution in [2.75, 3.05) is 7.05 Å². The van der Waals surface area contributed by atoms with E-state index in [1.54, 1.807) is 0 Å². The van der Waals surface area contributed by atoms with E-state index in [2.05, 4.69) is 18.9 Å². The number of hydrogen-bond donors (Lipinski definition) is 1. The second kappa shape index (κ2) is 7.19. The molecule has 0 spiro atoms. The highest BCUT2D eigenvalue weighted by molar-refractivity contribution is 5.89. The first-order valence-electron chi connectivity index (χ1n) is 11.5. The van der Waals surface area contributed by atoms with Gasteiger partial charge in [-0.1, -0.05) is 25.0 Å². The van der Waals surface area contributed by atoms with E-state index in [1.165, 1.54) is 11.1 Å². The highest BCUT2D eigenvalue weighted by Gasteiger charge is 2.63. The minimum Gasteiger partial charge on any atom is -0.508 e. The molecule has 5 atom stereocenters. The Morgan fingerprint density at radius 3 is 2.90 bits per heavy atom. The van der Waals surface area contributed by atoms with E-state index in [4.69, 9.17) is 11.2 Å². The maximum atomic E-state index is 13.1. The fourth-order valence-corrected chi connectivity index (χ4v) is 7.05. The topological polar surface area (TPSA) is 49.8 Å². The fraction of sp³-hybridized carbons (Fsp3) is 0.519. The lowest BCUT2D eigenvalue weighted by atomic mass is 9.53. The molecule has 2 fully saturated rings. The Kier molecular flexibility index (Phi) is 4.70. The van der Waals surface area contributed by atoms with Crippen LogP contribution in [0.3, 0.4) is 0 Å². The Balaban J connectivity index is 1.42. The Morgan fingerprint density at radius 1 is 1.29 bits per heavy atom. The van der Waals surface area contributed by atoms with Crippen molar-refractivity contribution in [2.45, 2.75) is 63.4 Å². The van der Waals surface area contributed by atoms with Gasteiger partial charge in [-0.05, 0) is 85.7 Å². The maximum Gasteiger partial charge on any atom is 0.337 e. The van der Waals surface area contributed by atoms with Gasteiger partial charge in [0.05, 0.1) is 5.57 Å². The summed E-state index contributed by atoms with van der Waals surface area (Å²) in [6.07, 6.45) is 18.3. The number of benzene rings is 1. The number of phenolic OH excluding ortho intramolecular Hbond substituents is 1. The molecule has 1 aromatic rings. The number of allylic oxidation sites excluding steroid dienone is 1. The molecule has 4 nitrogen and oxygen atoms in total. The van der Waals surface area contributed by atoms with E-state index >= 15 is 0 Å². The zero-order valence-electron chi connectivity index (χ0n) is 18.4. The molecule has 0 amide bonds. The van der Waals surface area contributed by atoms with Gasteiger partial charge in [-0.25, -0.2) is 4.79 Å². The van der Waals surface area contributed by atoms with Gasteiger partial charge in [0.15, 0.2) is 5.60 Å². The van der Waals surface area contributed by atoms with Crippen molar-refractivity contribution < 1.29 is 14.6 Å². The van der Waals surface area contributed by atoms with E-state index in [0.717, 1.165) is 38.5 Å². The smallest absolute Gasteiger partial charge is 0.337 e. The van der Waals surface area contributed by atoms with Crippen LogP contribution >= 0.6 is 0 Å². The number of nitrogens with zero attached hydrogens (tertiary/aromatic N) is 1. The molecule has 1 aromatic carbocycles. The van der Waals surface area contributed by atoms with Crippen molar-refractivity contribution in [2.24, 2.45) is 17.3 Å². The molecule has 1 heterocycles. The Hall–Kier alpha value is -2.67. The summed E-state index contributed by atoms with van der Waals surface area (Å²) < 4.78 is 6.24. The minimum atomic E-state index is -0.838. The predicted octanol–water partition coefficient (Wildman–Crippen LogP) is 4.90. The van der Waals surface area contributed by atoms with Gasteiger partial charge in [0.2, 0.25) is 0 Å². The van der Waals surface area contributed by atoms with Crippen LogP contribution in [0.4, 0.5) is 0 Å². The molecule has 0 aromatic heterocycles. The molecule has 3 aliphatic carbocycles. The molecule has 0 radical (unpaired) electrons. The highest BCUT2D eigenvalue weighted by atomic mass is 16.6. The van der Waals surface area contributed by atoms with E-state index in [1.807, 2.05) is 42.6 Å². The zero-order chi connectivity index (χ0) is 21.8. The number of carbonyl (C=O) groups is 1. The van der Waals surface area contributed by atoms with Crippen molar-refractivity contribution >= 4 is 5.97 Å². The molecule has 162 valence electrons. The van der Waals surface area contributed by atoms with Crippen LogP contribution in [0.15, 0.2) is 42.2 Å². The van der Waals surface area contributed by atoms with Crippen molar-refractivity contribution in [3.8, 4) is 18.1 Å². The Labute approximate surface area is 185 Å². The van der Waals surface area contributed by atoms with E-state index < -0.39 is 5.60 Å². The fourth-order valence-electron chi connectivity index (χ4n) is 7.05. The van der Waals surface area contributed by atoms with Gasteiger partial charge in [-0.15, -0.1) is 6.42 Å². The maximum absolute atomic E-state index is 13.1. The number of phenols is 1. The number of ether oxygens (including phenoxy) is 1. The average molecular weight is 418 g/mol. The SMILES string of the molecule is C#C[C@@]1(OC(=O)C2=CN(C)C=CC2)CC[C@H]2[C@@H]3CCc4cc(O)ccc4[C@H]3CC[C@@]21C. The third-order valence-corrected chi connectivity index (χ3v) is 8.63. The molecule has 31 heavy (non-hydrogen) atoms. The first-order valence-corrected chi connectivity index (χ1v) is 11.5. The van der Waals surface area contributed by atoms with Gasteiger partial charge < -0.3 is 14.7 Å². The first kappa shape index (κ1) is 20.2. The zero-order valence-corrected chi connectivity index (χ0v) is 18.4. The van der Waals surface area contributed by atoms with Crippen LogP contribution < -0.4 is 0 Å². The number of terminal acetylenes is 1. The molecule has 2 saturated carbocycles. The van der Waals surface area contributed by atoms with Gasteiger partial charge >= 0.3 is 5.97 Å². The second-order valence-corrected chi connectivity index (χ2v) is 10.1. The highest BCUT2D eigenvalue weighted by Crippen LogP contribution is 2.65. The molecule has 0 saturated heterocycles. The molecule has 4 aliphatic rings. The normalized spacial score (nSPS) is 36.0. The minimum absolute atomic E-state index is 0.204. The van der Waals surface area contributed by atoms with E-state index in [-0.39, 0.29) is 11.4 Å². The lowest BCUT2D eigenvalue weighted by molar-refractivity contribution is -0.163. The summed E-state index contributed by atoms with van der Waals surface area (Å²) in [4.78, 5) is 15.0. The van der Waals surface area contributed by atoms with Gasteiger partial charge in [0, 0.05) is 25.1 Å². The number of fused-ring (bicyclic) bond motifs is 5. The van der Waals surface area contributed by atoms with Crippen molar-refractivity contribution in [1.29, 1.82) is 0 Å². The Morgan fingerprint density at radius 2 is 2.13 bits per heavy atom. The number of hydrogen-bond acceptors (Lipinski definition) is 4. The largest absolute Gasteiger partial charge is 0.508 e. The molecule has 0 unspecified atom stereocenters. The summed E-state index contributed by atoms with van der Waals surface area (Å²) in [7, 11) is 1.91. The third-order valence-electron chi connectivity index (χ3n) is 8.63. The van der Waals surface area contributed by atoms with Crippen LogP contribution in [0.1, 0.15) is 62.5 Å².